The Labute approximate surface area is 124 Å². The Morgan fingerprint density at radius 3 is 2.85 bits per heavy atom. The van der Waals surface area contributed by atoms with Crippen molar-refractivity contribution in [1.29, 1.82) is 0 Å². The molecular weight excluding hydrogens is 278 g/mol. The molecule has 1 aliphatic heterocycles. The fraction of sp³-hybridized carbons (Fsp3) is 0.533. The van der Waals surface area contributed by atoms with Crippen LogP contribution in [0.25, 0.3) is 0 Å². The molecule has 1 amide bonds. The van der Waals surface area contributed by atoms with E-state index in [2.05, 4.69) is 0 Å². The third-order valence-electron chi connectivity index (χ3n) is 3.61. The first-order valence-corrected chi connectivity index (χ1v) is 7.30. The predicted molar refractivity (Wildman–Crippen MR) is 77.9 cm³/mol. The van der Waals surface area contributed by atoms with Crippen molar-refractivity contribution < 1.29 is 14.6 Å². The number of likely N-dealkylation sites (tertiary alicyclic amines) is 1. The molecule has 1 aliphatic rings. The molecule has 0 aromatic heterocycles. The van der Waals surface area contributed by atoms with Gasteiger partial charge in [-0.1, -0.05) is 11.6 Å². The monoisotopic (exact) mass is 297 g/mol. The molecule has 2 atom stereocenters. The molecule has 0 aliphatic carbocycles. The first-order valence-electron chi connectivity index (χ1n) is 6.92. The number of aliphatic hydroxyl groups excluding tert-OH is 1. The Bertz CT molecular complexity index is 449. The molecule has 0 spiro atoms. The van der Waals surface area contributed by atoms with Crippen LogP contribution in [-0.2, 0) is 4.79 Å². The average Bonchev–Trinajstić information content (AvgIpc) is 2.89. The van der Waals surface area contributed by atoms with Crippen LogP contribution in [0.15, 0.2) is 24.3 Å². The number of hydrogen-bond donors (Lipinski definition) is 1. The Hall–Kier alpha value is -1.26. The molecule has 20 heavy (non-hydrogen) atoms. The second-order valence-electron chi connectivity index (χ2n) is 5.17. The molecule has 1 heterocycles. The van der Waals surface area contributed by atoms with Gasteiger partial charge in [-0.3, -0.25) is 4.79 Å². The van der Waals surface area contributed by atoms with Gasteiger partial charge in [-0.15, -0.1) is 0 Å². The number of amides is 1. The highest BCUT2D eigenvalue weighted by Gasteiger charge is 2.29. The lowest BCUT2D eigenvalue weighted by molar-refractivity contribution is -0.137. The minimum absolute atomic E-state index is 0.000361. The van der Waals surface area contributed by atoms with Crippen LogP contribution in [0.1, 0.15) is 19.8 Å². The molecule has 1 saturated heterocycles. The SMILES string of the molecule is CC(Oc1ccc(Cl)cc1)C(=O)N1CCC(CCO)C1. The molecule has 1 N–H and O–H groups in total. The molecule has 1 aromatic rings. The van der Waals surface area contributed by atoms with Crippen molar-refractivity contribution in [2.24, 2.45) is 5.92 Å². The van der Waals surface area contributed by atoms with Gasteiger partial charge in [-0.05, 0) is 49.9 Å². The van der Waals surface area contributed by atoms with Crippen molar-refractivity contribution in [3.05, 3.63) is 29.3 Å². The lowest BCUT2D eigenvalue weighted by Crippen LogP contribution is -2.39. The number of carbonyl (C=O) groups excluding carboxylic acids is 1. The molecule has 2 unspecified atom stereocenters. The largest absolute Gasteiger partial charge is 0.481 e. The van der Waals surface area contributed by atoms with Crippen LogP contribution < -0.4 is 4.74 Å². The summed E-state index contributed by atoms with van der Waals surface area (Å²) in [6.07, 6.45) is 1.21. The van der Waals surface area contributed by atoms with Crippen molar-refractivity contribution in [2.45, 2.75) is 25.9 Å². The van der Waals surface area contributed by atoms with Gasteiger partial charge in [0.05, 0.1) is 0 Å². The Balaban J connectivity index is 1.87. The fourth-order valence-electron chi connectivity index (χ4n) is 2.48. The molecule has 1 aromatic carbocycles. The predicted octanol–water partition coefficient (Wildman–Crippen LogP) is 2.34. The smallest absolute Gasteiger partial charge is 0.263 e. The summed E-state index contributed by atoms with van der Waals surface area (Å²) in [6, 6.07) is 6.98. The lowest BCUT2D eigenvalue weighted by atomic mass is 10.1. The quantitative estimate of drug-likeness (QED) is 0.907. The average molecular weight is 298 g/mol. The van der Waals surface area contributed by atoms with E-state index in [0.717, 1.165) is 19.4 Å². The number of hydrogen-bond acceptors (Lipinski definition) is 3. The molecule has 0 saturated carbocycles. The highest BCUT2D eigenvalue weighted by molar-refractivity contribution is 6.30. The van der Waals surface area contributed by atoms with E-state index >= 15 is 0 Å². The second-order valence-corrected chi connectivity index (χ2v) is 5.60. The minimum atomic E-state index is -0.510. The highest BCUT2D eigenvalue weighted by atomic mass is 35.5. The van der Waals surface area contributed by atoms with E-state index in [4.69, 9.17) is 21.4 Å². The summed E-state index contributed by atoms with van der Waals surface area (Å²) in [4.78, 5) is 14.1. The Morgan fingerprint density at radius 1 is 1.50 bits per heavy atom. The van der Waals surface area contributed by atoms with Crippen LogP contribution in [0.4, 0.5) is 0 Å². The third-order valence-corrected chi connectivity index (χ3v) is 3.86. The van der Waals surface area contributed by atoms with Gasteiger partial charge in [-0.25, -0.2) is 0 Å². The molecule has 1 fully saturated rings. The van der Waals surface area contributed by atoms with Gasteiger partial charge in [-0.2, -0.15) is 0 Å². The third kappa shape index (κ3) is 3.87. The van der Waals surface area contributed by atoms with E-state index in [-0.39, 0.29) is 12.5 Å². The minimum Gasteiger partial charge on any atom is -0.481 e. The van der Waals surface area contributed by atoms with Gasteiger partial charge in [0.15, 0.2) is 6.10 Å². The zero-order valence-electron chi connectivity index (χ0n) is 11.6. The van der Waals surface area contributed by atoms with Crippen molar-refractivity contribution in [1.82, 2.24) is 4.90 Å². The lowest BCUT2D eigenvalue weighted by Gasteiger charge is -2.21. The van der Waals surface area contributed by atoms with Gasteiger partial charge in [0.2, 0.25) is 0 Å². The topological polar surface area (TPSA) is 49.8 Å². The van der Waals surface area contributed by atoms with E-state index in [9.17, 15) is 4.79 Å². The zero-order chi connectivity index (χ0) is 14.5. The first kappa shape index (κ1) is 15.1. The molecule has 5 heteroatoms. The normalized spacial score (nSPS) is 19.9. The highest BCUT2D eigenvalue weighted by Crippen LogP contribution is 2.22. The van der Waals surface area contributed by atoms with E-state index in [1.54, 1.807) is 31.2 Å². The summed E-state index contributed by atoms with van der Waals surface area (Å²) in [6.45, 7) is 3.41. The van der Waals surface area contributed by atoms with Crippen LogP contribution in [0, 0.1) is 5.92 Å². The maximum atomic E-state index is 12.3. The standard InChI is InChI=1S/C15H20ClNO3/c1-11(20-14-4-2-13(16)3-5-14)15(19)17-8-6-12(10-17)7-9-18/h2-5,11-12,18H,6-10H2,1H3. The van der Waals surface area contributed by atoms with Gasteiger partial charge in [0, 0.05) is 24.7 Å². The van der Waals surface area contributed by atoms with Gasteiger partial charge < -0.3 is 14.7 Å². The summed E-state index contributed by atoms with van der Waals surface area (Å²) >= 11 is 5.81. The summed E-state index contributed by atoms with van der Waals surface area (Å²) < 4.78 is 5.64. The summed E-state index contributed by atoms with van der Waals surface area (Å²) in [7, 11) is 0. The number of aliphatic hydroxyl groups is 1. The molecule has 0 radical (unpaired) electrons. The van der Waals surface area contributed by atoms with Crippen molar-refractivity contribution in [3.8, 4) is 5.75 Å². The van der Waals surface area contributed by atoms with E-state index in [1.165, 1.54) is 0 Å². The van der Waals surface area contributed by atoms with Crippen LogP contribution >= 0.6 is 11.6 Å². The maximum Gasteiger partial charge on any atom is 0.263 e. The summed E-state index contributed by atoms with van der Waals surface area (Å²) in [5, 5.41) is 9.58. The fourth-order valence-corrected chi connectivity index (χ4v) is 2.60. The van der Waals surface area contributed by atoms with Crippen LogP contribution in [0.2, 0.25) is 5.02 Å². The number of halogens is 1. The first-order chi connectivity index (χ1) is 9.60. The van der Waals surface area contributed by atoms with E-state index in [1.807, 2.05) is 4.90 Å². The number of nitrogens with zero attached hydrogens (tertiary/aromatic N) is 1. The number of rotatable bonds is 5. The number of carbonyl (C=O) groups is 1. The Morgan fingerprint density at radius 2 is 2.20 bits per heavy atom. The second kappa shape index (κ2) is 6.95. The molecular formula is C15H20ClNO3. The van der Waals surface area contributed by atoms with Crippen LogP contribution in [0.3, 0.4) is 0 Å². The number of ether oxygens (including phenoxy) is 1. The van der Waals surface area contributed by atoms with E-state index < -0.39 is 6.10 Å². The summed E-state index contributed by atoms with van der Waals surface area (Å²) in [5.74, 6) is 1.05. The van der Waals surface area contributed by atoms with Crippen molar-refractivity contribution >= 4 is 17.5 Å². The zero-order valence-corrected chi connectivity index (χ0v) is 12.3. The van der Waals surface area contributed by atoms with Gasteiger partial charge >= 0.3 is 0 Å². The molecule has 0 bridgehead atoms. The maximum absolute atomic E-state index is 12.3. The summed E-state index contributed by atoms with van der Waals surface area (Å²) in [5.41, 5.74) is 0. The van der Waals surface area contributed by atoms with Crippen LogP contribution in [0.5, 0.6) is 5.75 Å². The van der Waals surface area contributed by atoms with Gasteiger partial charge in [0.25, 0.3) is 5.91 Å². The molecule has 4 nitrogen and oxygen atoms in total. The van der Waals surface area contributed by atoms with Gasteiger partial charge in [0.1, 0.15) is 5.75 Å². The Kier molecular flexibility index (Phi) is 5.26. The van der Waals surface area contributed by atoms with Crippen molar-refractivity contribution in [3.63, 3.8) is 0 Å². The molecule has 2 rings (SSSR count). The van der Waals surface area contributed by atoms with Crippen LogP contribution in [-0.4, -0.2) is 41.7 Å². The molecule has 110 valence electrons. The number of benzene rings is 1. The van der Waals surface area contributed by atoms with E-state index in [0.29, 0.717) is 23.2 Å². The van der Waals surface area contributed by atoms with Crippen molar-refractivity contribution in [2.75, 3.05) is 19.7 Å².